The van der Waals surface area contributed by atoms with Crippen molar-refractivity contribution in [3.05, 3.63) is 48.0 Å². The molecule has 0 aromatic heterocycles. The standard InChI is InChI=1S/C22H27N3O6S2/c1-16-14-17(25-21(26)22(2,3)15-32(25,27)28)8-9-20(16)33(29,30)23-18-6-4-5-7-19(18)24-10-12-31-13-11-24/h4-9,14,23H,10-13,15H2,1-3H3. The first-order chi connectivity index (χ1) is 15.4. The number of carbonyl (C=O) groups is 1. The van der Waals surface area contributed by atoms with Crippen molar-refractivity contribution in [1.82, 2.24) is 0 Å². The number of sulfonamides is 2. The molecule has 2 heterocycles. The highest BCUT2D eigenvalue weighted by atomic mass is 32.2. The van der Waals surface area contributed by atoms with E-state index in [1.54, 1.807) is 32.9 Å². The summed E-state index contributed by atoms with van der Waals surface area (Å²) in [6.45, 7) is 7.17. The second-order valence-corrected chi connectivity index (χ2v) is 12.4. The van der Waals surface area contributed by atoms with Gasteiger partial charge in [0.05, 0.1) is 46.3 Å². The van der Waals surface area contributed by atoms with Crippen molar-refractivity contribution in [2.24, 2.45) is 5.41 Å². The van der Waals surface area contributed by atoms with Crippen LogP contribution >= 0.6 is 0 Å². The number of anilines is 3. The van der Waals surface area contributed by atoms with Gasteiger partial charge in [-0.25, -0.2) is 21.1 Å². The molecule has 2 saturated heterocycles. The minimum Gasteiger partial charge on any atom is -0.378 e. The smallest absolute Gasteiger partial charge is 0.262 e. The Hall–Kier alpha value is -2.63. The number of carbonyl (C=O) groups excluding carboxylic acids is 1. The first-order valence-corrected chi connectivity index (χ1v) is 13.6. The molecule has 0 unspecified atom stereocenters. The predicted molar refractivity (Wildman–Crippen MR) is 127 cm³/mol. The van der Waals surface area contributed by atoms with Gasteiger partial charge in [0.2, 0.25) is 15.9 Å². The van der Waals surface area contributed by atoms with Crippen LogP contribution in [0.2, 0.25) is 0 Å². The number of aryl methyl sites for hydroxylation is 1. The maximum Gasteiger partial charge on any atom is 0.262 e. The third-order valence-electron chi connectivity index (χ3n) is 5.77. The molecular formula is C22H27N3O6S2. The molecule has 1 N–H and O–H groups in total. The number of rotatable bonds is 5. The molecule has 11 heteroatoms. The van der Waals surface area contributed by atoms with Crippen molar-refractivity contribution in [2.45, 2.75) is 25.7 Å². The van der Waals surface area contributed by atoms with Crippen LogP contribution in [0.15, 0.2) is 47.4 Å². The Morgan fingerprint density at radius 2 is 1.73 bits per heavy atom. The van der Waals surface area contributed by atoms with E-state index in [4.69, 9.17) is 4.74 Å². The molecule has 2 fully saturated rings. The zero-order chi connectivity index (χ0) is 24.0. The van der Waals surface area contributed by atoms with Gasteiger partial charge in [-0.1, -0.05) is 12.1 Å². The van der Waals surface area contributed by atoms with Crippen LogP contribution < -0.4 is 13.9 Å². The lowest BCUT2D eigenvalue weighted by atomic mass is 9.95. The Kier molecular flexibility index (Phi) is 5.92. The van der Waals surface area contributed by atoms with Crippen LogP contribution in [0.4, 0.5) is 17.1 Å². The van der Waals surface area contributed by atoms with Crippen LogP contribution in [0.1, 0.15) is 19.4 Å². The van der Waals surface area contributed by atoms with E-state index in [0.717, 1.165) is 9.99 Å². The maximum atomic E-state index is 13.2. The second-order valence-electron chi connectivity index (χ2n) is 8.88. The molecule has 0 aliphatic carbocycles. The average Bonchev–Trinajstić information content (AvgIpc) is 2.90. The van der Waals surface area contributed by atoms with Gasteiger partial charge >= 0.3 is 0 Å². The van der Waals surface area contributed by atoms with Gasteiger partial charge in [0.1, 0.15) is 0 Å². The van der Waals surface area contributed by atoms with E-state index in [2.05, 4.69) is 9.62 Å². The van der Waals surface area contributed by atoms with Crippen LogP contribution in [0, 0.1) is 12.3 Å². The van der Waals surface area contributed by atoms with Crippen molar-refractivity contribution in [3.63, 3.8) is 0 Å². The van der Waals surface area contributed by atoms with E-state index >= 15 is 0 Å². The molecule has 0 bridgehead atoms. The number of nitrogens with zero attached hydrogens (tertiary/aromatic N) is 2. The van der Waals surface area contributed by atoms with Gasteiger partial charge in [0.15, 0.2) is 0 Å². The Bertz CT molecular complexity index is 1300. The van der Waals surface area contributed by atoms with Crippen LogP contribution in [0.3, 0.4) is 0 Å². The highest BCUT2D eigenvalue weighted by Crippen LogP contribution is 2.37. The van der Waals surface area contributed by atoms with Crippen LogP contribution in [-0.2, 0) is 29.6 Å². The summed E-state index contributed by atoms with van der Waals surface area (Å²) < 4.78 is 60.4. The van der Waals surface area contributed by atoms with Crippen LogP contribution in [0.25, 0.3) is 0 Å². The molecule has 1 amide bonds. The summed E-state index contributed by atoms with van der Waals surface area (Å²) in [6.07, 6.45) is 0. The summed E-state index contributed by atoms with van der Waals surface area (Å²) in [5.41, 5.74) is 0.631. The minimum atomic E-state index is -3.97. The minimum absolute atomic E-state index is 0.00587. The monoisotopic (exact) mass is 493 g/mol. The van der Waals surface area contributed by atoms with E-state index in [1.165, 1.54) is 18.2 Å². The number of hydrogen-bond acceptors (Lipinski definition) is 7. The predicted octanol–water partition coefficient (Wildman–Crippen LogP) is 2.34. The van der Waals surface area contributed by atoms with E-state index in [-0.39, 0.29) is 16.3 Å². The maximum absolute atomic E-state index is 13.2. The lowest BCUT2D eigenvalue weighted by Crippen LogP contribution is -2.36. The van der Waals surface area contributed by atoms with Gasteiger partial charge in [-0.05, 0) is 56.7 Å². The SMILES string of the molecule is Cc1cc(N2C(=O)C(C)(C)CS2(=O)=O)ccc1S(=O)(=O)Nc1ccccc1N1CCOCC1. The summed E-state index contributed by atoms with van der Waals surface area (Å²) in [5, 5.41) is 0. The third-order valence-corrected chi connectivity index (χ3v) is 9.31. The molecule has 178 valence electrons. The van der Waals surface area contributed by atoms with Gasteiger partial charge in [0, 0.05) is 13.1 Å². The Balaban J connectivity index is 1.65. The van der Waals surface area contributed by atoms with Crippen molar-refractivity contribution in [2.75, 3.05) is 46.0 Å². The van der Waals surface area contributed by atoms with Gasteiger partial charge in [0.25, 0.3) is 10.0 Å². The summed E-state index contributed by atoms with van der Waals surface area (Å²) in [7, 11) is -7.80. The fraction of sp³-hybridized carbons (Fsp3) is 0.409. The number of morpholine rings is 1. The molecule has 0 spiro atoms. The lowest BCUT2D eigenvalue weighted by molar-refractivity contribution is -0.123. The first kappa shape index (κ1) is 23.5. The zero-order valence-electron chi connectivity index (χ0n) is 18.7. The van der Waals surface area contributed by atoms with Crippen molar-refractivity contribution in [1.29, 1.82) is 0 Å². The molecule has 0 radical (unpaired) electrons. The fourth-order valence-electron chi connectivity index (χ4n) is 4.16. The zero-order valence-corrected chi connectivity index (χ0v) is 20.4. The molecule has 2 aromatic rings. The number of hydrogen-bond donors (Lipinski definition) is 1. The number of nitrogens with one attached hydrogen (secondary N) is 1. The summed E-state index contributed by atoms with van der Waals surface area (Å²) >= 11 is 0. The van der Waals surface area contributed by atoms with E-state index in [0.29, 0.717) is 37.6 Å². The number of para-hydroxylation sites is 2. The van der Waals surface area contributed by atoms with Gasteiger partial charge in [-0.3, -0.25) is 9.52 Å². The van der Waals surface area contributed by atoms with Gasteiger partial charge < -0.3 is 9.64 Å². The highest BCUT2D eigenvalue weighted by Gasteiger charge is 2.50. The Morgan fingerprint density at radius 3 is 2.33 bits per heavy atom. The molecule has 33 heavy (non-hydrogen) atoms. The molecule has 4 rings (SSSR count). The second kappa shape index (κ2) is 8.30. The van der Waals surface area contributed by atoms with Gasteiger partial charge in [-0.2, -0.15) is 0 Å². The van der Waals surface area contributed by atoms with Gasteiger partial charge in [-0.15, -0.1) is 0 Å². The van der Waals surface area contributed by atoms with E-state index < -0.39 is 31.4 Å². The average molecular weight is 494 g/mol. The molecule has 2 aromatic carbocycles. The van der Waals surface area contributed by atoms with E-state index in [1.807, 2.05) is 12.1 Å². The lowest BCUT2D eigenvalue weighted by Gasteiger charge is -2.30. The normalized spacial score (nSPS) is 20.2. The number of ether oxygens (including phenoxy) is 1. The number of benzene rings is 2. The third kappa shape index (κ3) is 4.44. The van der Waals surface area contributed by atoms with Crippen molar-refractivity contribution >= 4 is 43.0 Å². The summed E-state index contributed by atoms with van der Waals surface area (Å²) in [6, 6.07) is 11.2. The Morgan fingerprint density at radius 1 is 1.06 bits per heavy atom. The van der Waals surface area contributed by atoms with Crippen molar-refractivity contribution in [3.8, 4) is 0 Å². The number of amides is 1. The summed E-state index contributed by atoms with van der Waals surface area (Å²) in [4.78, 5) is 14.7. The molecule has 9 nitrogen and oxygen atoms in total. The highest BCUT2D eigenvalue weighted by molar-refractivity contribution is 7.94. The fourth-order valence-corrected chi connectivity index (χ4v) is 7.56. The molecule has 0 atom stereocenters. The first-order valence-electron chi connectivity index (χ1n) is 10.5. The molecule has 0 saturated carbocycles. The largest absolute Gasteiger partial charge is 0.378 e. The van der Waals surface area contributed by atoms with Crippen molar-refractivity contribution < 1.29 is 26.4 Å². The van der Waals surface area contributed by atoms with Crippen LogP contribution in [0.5, 0.6) is 0 Å². The quantitative estimate of drug-likeness (QED) is 0.680. The molecule has 2 aliphatic rings. The topological polar surface area (TPSA) is 113 Å². The van der Waals surface area contributed by atoms with E-state index in [9.17, 15) is 21.6 Å². The Labute approximate surface area is 194 Å². The molecular weight excluding hydrogens is 466 g/mol. The summed E-state index contributed by atoms with van der Waals surface area (Å²) in [5.74, 6) is -0.826. The van der Waals surface area contributed by atoms with Crippen LogP contribution in [-0.4, -0.2) is 54.8 Å². The molecule has 2 aliphatic heterocycles.